The van der Waals surface area contributed by atoms with Crippen LogP contribution in [0.4, 0.5) is 0 Å². The summed E-state index contributed by atoms with van der Waals surface area (Å²) in [5.74, 6) is 0. The third-order valence-corrected chi connectivity index (χ3v) is 2.21. The Bertz CT molecular complexity index is 144. The lowest BCUT2D eigenvalue weighted by atomic mass is 10.2. The maximum absolute atomic E-state index is 3.75. The molecule has 0 saturated heterocycles. The van der Waals surface area contributed by atoms with E-state index in [9.17, 15) is 0 Å². The topological polar surface area (TPSA) is 15.3 Å². The predicted octanol–water partition coefficient (Wildman–Crippen LogP) is 2.05. The highest BCUT2D eigenvalue weighted by Crippen LogP contribution is 1.96. The molecule has 82 valence electrons. The summed E-state index contributed by atoms with van der Waals surface area (Å²) in [5, 5.41) is 3.41. The molecule has 0 aromatic carbocycles. The second-order valence-electron chi connectivity index (χ2n) is 3.58. The molecular formula is C12H24N2. The van der Waals surface area contributed by atoms with Gasteiger partial charge in [-0.25, -0.2) is 0 Å². The highest BCUT2D eigenvalue weighted by atomic mass is 15.1. The Balaban J connectivity index is 3.67. The third kappa shape index (κ3) is 6.87. The molecule has 0 fully saturated rings. The molecule has 1 atom stereocenters. The minimum absolute atomic E-state index is 0.595. The fourth-order valence-corrected chi connectivity index (χ4v) is 1.45. The van der Waals surface area contributed by atoms with E-state index in [0.717, 1.165) is 26.2 Å². The van der Waals surface area contributed by atoms with Crippen LogP contribution in [0.2, 0.25) is 0 Å². The van der Waals surface area contributed by atoms with E-state index in [1.807, 2.05) is 12.2 Å². The van der Waals surface area contributed by atoms with Gasteiger partial charge in [-0.15, -0.1) is 13.2 Å². The molecule has 0 radical (unpaired) electrons. The van der Waals surface area contributed by atoms with Gasteiger partial charge in [0.15, 0.2) is 0 Å². The Kier molecular flexibility index (Phi) is 8.59. The van der Waals surface area contributed by atoms with Crippen LogP contribution in [0.25, 0.3) is 0 Å². The van der Waals surface area contributed by atoms with E-state index in [4.69, 9.17) is 0 Å². The van der Waals surface area contributed by atoms with Crippen molar-refractivity contribution >= 4 is 0 Å². The van der Waals surface area contributed by atoms with Crippen LogP contribution in [0.5, 0.6) is 0 Å². The fourth-order valence-electron chi connectivity index (χ4n) is 1.45. The zero-order valence-electron chi connectivity index (χ0n) is 9.63. The Morgan fingerprint density at radius 1 is 1.29 bits per heavy atom. The van der Waals surface area contributed by atoms with Crippen molar-refractivity contribution in [2.45, 2.75) is 26.3 Å². The minimum atomic E-state index is 0.595. The number of nitrogens with zero attached hydrogens (tertiary/aromatic N) is 1. The lowest BCUT2D eigenvalue weighted by Gasteiger charge is -2.21. The molecule has 2 heteroatoms. The molecule has 0 aromatic heterocycles. The van der Waals surface area contributed by atoms with Gasteiger partial charge in [-0.2, -0.15) is 0 Å². The van der Waals surface area contributed by atoms with E-state index >= 15 is 0 Å². The highest BCUT2D eigenvalue weighted by Gasteiger charge is 2.04. The third-order valence-electron chi connectivity index (χ3n) is 2.21. The second kappa shape index (κ2) is 8.97. The van der Waals surface area contributed by atoms with Gasteiger partial charge in [0.2, 0.25) is 0 Å². The monoisotopic (exact) mass is 196 g/mol. The molecule has 0 heterocycles. The molecule has 0 rings (SSSR count). The second-order valence-corrected chi connectivity index (χ2v) is 3.58. The van der Waals surface area contributed by atoms with Crippen LogP contribution in [0.3, 0.4) is 0 Å². The van der Waals surface area contributed by atoms with E-state index in [-0.39, 0.29) is 0 Å². The van der Waals surface area contributed by atoms with E-state index in [0.29, 0.717) is 6.04 Å². The summed E-state index contributed by atoms with van der Waals surface area (Å²) in [6.07, 6.45) is 5.07. The number of hydrogen-bond donors (Lipinski definition) is 1. The van der Waals surface area contributed by atoms with Crippen molar-refractivity contribution in [3.05, 3.63) is 25.3 Å². The average Bonchev–Trinajstić information content (AvgIpc) is 2.15. The fraction of sp³-hybridized carbons (Fsp3) is 0.667. The predicted molar refractivity (Wildman–Crippen MR) is 64.6 cm³/mol. The Morgan fingerprint density at radius 3 is 2.29 bits per heavy atom. The average molecular weight is 196 g/mol. The molecule has 0 aliphatic carbocycles. The van der Waals surface area contributed by atoms with Crippen molar-refractivity contribution in [3.63, 3.8) is 0 Å². The van der Waals surface area contributed by atoms with Gasteiger partial charge in [0.05, 0.1) is 0 Å². The van der Waals surface area contributed by atoms with Crippen molar-refractivity contribution in [1.29, 1.82) is 0 Å². The summed E-state index contributed by atoms with van der Waals surface area (Å²) >= 11 is 0. The van der Waals surface area contributed by atoms with Crippen molar-refractivity contribution in [1.82, 2.24) is 10.2 Å². The van der Waals surface area contributed by atoms with E-state index in [2.05, 4.69) is 37.2 Å². The zero-order chi connectivity index (χ0) is 10.8. The Hall–Kier alpha value is -0.600. The van der Waals surface area contributed by atoms with Crippen LogP contribution < -0.4 is 5.32 Å². The van der Waals surface area contributed by atoms with Crippen molar-refractivity contribution in [3.8, 4) is 0 Å². The van der Waals surface area contributed by atoms with Crippen molar-refractivity contribution in [2.75, 3.05) is 26.2 Å². The largest absolute Gasteiger partial charge is 0.314 e. The van der Waals surface area contributed by atoms with Gasteiger partial charge in [-0.1, -0.05) is 19.1 Å². The van der Waals surface area contributed by atoms with Gasteiger partial charge in [0.1, 0.15) is 0 Å². The molecule has 0 bridgehead atoms. The lowest BCUT2D eigenvalue weighted by Crippen LogP contribution is -2.32. The molecule has 0 saturated carbocycles. The Labute approximate surface area is 88.7 Å². The number of rotatable bonds is 9. The quantitative estimate of drug-likeness (QED) is 0.568. The van der Waals surface area contributed by atoms with Gasteiger partial charge in [-0.3, -0.25) is 4.90 Å². The van der Waals surface area contributed by atoms with Crippen LogP contribution in [-0.4, -0.2) is 37.1 Å². The normalized spacial score (nSPS) is 12.8. The summed E-state index contributed by atoms with van der Waals surface area (Å²) in [6, 6.07) is 0.595. The van der Waals surface area contributed by atoms with E-state index in [1.165, 1.54) is 6.42 Å². The van der Waals surface area contributed by atoms with Gasteiger partial charge < -0.3 is 5.32 Å². The first-order chi connectivity index (χ1) is 6.74. The minimum Gasteiger partial charge on any atom is -0.314 e. The molecule has 0 spiro atoms. The van der Waals surface area contributed by atoms with Crippen LogP contribution in [0, 0.1) is 0 Å². The highest BCUT2D eigenvalue weighted by molar-refractivity contribution is 4.80. The first kappa shape index (κ1) is 13.4. The smallest absolute Gasteiger partial charge is 0.0163 e. The molecule has 1 unspecified atom stereocenters. The first-order valence-corrected chi connectivity index (χ1v) is 5.42. The lowest BCUT2D eigenvalue weighted by molar-refractivity contribution is 0.312. The molecular weight excluding hydrogens is 172 g/mol. The summed E-state index contributed by atoms with van der Waals surface area (Å²) < 4.78 is 0. The van der Waals surface area contributed by atoms with Crippen LogP contribution in [0.15, 0.2) is 25.3 Å². The Morgan fingerprint density at radius 2 is 1.86 bits per heavy atom. The van der Waals surface area contributed by atoms with E-state index in [1.54, 1.807) is 0 Å². The molecule has 14 heavy (non-hydrogen) atoms. The molecule has 0 aromatic rings. The van der Waals surface area contributed by atoms with Gasteiger partial charge in [0, 0.05) is 25.7 Å². The molecule has 1 N–H and O–H groups in total. The number of nitrogens with one attached hydrogen (secondary N) is 1. The van der Waals surface area contributed by atoms with Gasteiger partial charge in [0.25, 0.3) is 0 Å². The first-order valence-electron chi connectivity index (χ1n) is 5.42. The molecule has 0 aliphatic heterocycles. The van der Waals surface area contributed by atoms with Crippen LogP contribution >= 0.6 is 0 Å². The molecule has 0 aliphatic rings. The summed E-state index contributed by atoms with van der Waals surface area (Å²) in [5.41, 5.74) is 0. The summed E-state index contributed by atoms with van der Waals surface area (Å²) in [7, 11) is 0. The standard InChI is InChI=1S/C12H24N2/c1-5-9-14(10-6-2)11-8-12(4)13-7-3/h5-6,12-13H,1-2,7-11H2,3-4H3. The van der Waals surface area contributed by atoms with E-state index < -0.39 is 0 Å². The maximum atomic E-state index is 3.75. The van der Waals surface area contributed by atoms with Crippen LogP contribution in [-0.2, 0) is 0 Å². The number of hydrogen-bond acceptors (Lipinski definition) is 2. The summed E-state index contributed by atoms with van der Waals surface area (Å²) in [6.45, 7) is 15.9. The van der Waals surface area contributed by atoms with Gasteiger partial charge >= 0.3 is 0 Å². The van der Waals surface area contributed by atoms with Crippen LogP contribution in [0.1, 0.15) is 20.3 Å². The zero-order valence-corrected chi connectivity index (χ0v) is 9.63. The molecule has 2 nitrogen and oxygen atoms in total. The SMILES string of the molecule is C=CCN(CC=C)CCC(C)NCC. The van der Waals surface area contributed by atoms with Crippen molar-refractivity contribution < 1.29 is 0 Å². The summed E-state index contributed by atoms with van der Waals surface area (Å²) in [4.78, 5) is 2.34. The maximum Gasteiger partial charge on any atom is 0.0163 e. The van der Waals surface area contributed by atoms with Crippen molar-refractivity contribution in [2.24, 2.45) is 0 Å². The molecule has 0 amide bonds. The van der Waals surface area contributed by atoms with Gasteiger partial charge in [-0.05, 0) is 19.9 Å².